The Labute approximate surface area is 208 Å². The van der Waals surface area contributed by atoms with E-state index in [-0.39, 0.29) is 11.9 Å². The van der Waals surface area contributed by atoms with Gasteiger partial charge in [-0.3, -0.25) is 14.6 Å². The summed E-state index contributed by atoms with van der Waals surface area (Å²) in [7, 11) is 1.34. The van der Waals surface area contributed by atoms with Crippen molar-refractivity contribution in [2.45, 2.75) is 24.9 Å². The number of carbonyl (C=O) groups excluding carboxylic acids is 3. The van der Waals surface area contributed by atoms with Gasteiger partial charge in [-0.05, 0) is 41.3 Å². The van der Waals surface area contributed by atoms with E-state index in [0.717, 1.165) is 33.3 Å². The fraction of sp³-hybridized carbons (Fsp3) is 0.207. The summed E-state index contributed by atoms with van der Waals surface area (Å²) in [5, 5.41) is 1.06. The number of fused-ring (bicyclic) bond motifs is 4. The molecule has 7 heteroatoms. The van der Waals surface area contributed by atoms with E-state index in [2.05, 4.69) is 4.98 Å². The molecule has 7 nitrogen and oxygen atoms in total. The molecule has 1 N–H and O–H groups in total. The number of esters is 1. The summed E-state index contributed by atoms with van der Waals surface area (Å²) in [6, 6.07) is 23.6. The summed E-state index contributed by atoms with van der Waals surface area (Å²) in [6.07, 6.45) is 1.06. The van der Waals surface area contributed by atoms with Gasteiger partial charge in [-0.1, -0.05) is 60.7 Å². The van der Waals surface area contributed by atoms with Crippen molar-refractivity contribution in [1.29, 1.82) is 0 Å². The molecule has 2 aliphatic rings. The molecular formula is C29H25N3O4. The molecule has 0 unspecified atom stereocenters. The number of nitrogens with one attached hydrogen (secondary N) is 1. The molecule has 0 radical (unpaired) electrons. The number of amides is 3. The van der Waals surface area contributed by atoms with Gasteiger partial charge in [0.05, 0.1) is 12.7 Å². The van der Waals surface area contributed by atoms with E-state index in [1.165, 1.54) is 12.0 Å². The van der Waals surface area contributed by atoms with E-state index in [9.17, 15) is 14.4 Å². The lowest BCUT2D eigenvalue weighted by Gasteiger charge is -2.36. The van der Waals surface area contributed by atoms with Gasteiger partial charge in [-0.25, -0.2) is 9.59 Å². The van der Waals surface area contributed by atoms with E-state index in [1.54, 1.807) is 17.0 Å². The maximum atomic E-state index is 13.7. The van der Waals surface area contributed by atoms with E-state index in [0.29, 0.717) is 24.9 Å². The second-order valence-corrected chi connectivity index (χ2v) is 9.21. The number of urea groups is 1. The molecule has 3 heterocycles. The molecule has 1 aromatic heterocycles. The highest BCUT2D eigenvalue weighted by Crippen LogP contribution is 2.44. The average molecular weight is 480 g/mol. The van der Waals surface area contributed by atoms with E-state index in [1.807, 2.05) is 66.7 Å². The Balaban J connectivity index is 1.41. The molecule has 6 rings (SSSR count). The number of rotatable bonds is 5. The average Bonchev–Trinajstić information content (AvgIpc) is 3.41. The fourth-order valence-corrected chi connectivity index (χ4v) is 5.49. The van der Waals surface area contributed by atoms with Gasteiger partial charge in [0.25, 0.3) is 5.91 Å². The minimum absolute atomic E-state index is 0.164. The normalized spacial score (nSPS) is 18.9. The number of hydrogen-bond acceptors (Lipinski definition) is 4. The minimum Gasteiger partial charge on any atom is -0.465 e. The number of aromatic nitrogens is 1. The van der Waals surface area contributed by atoms with Crippen molar-refractivity contribution in [3.63, 3.8) is 0 Å². The lowest BCUT2D eigenvalue weighted by atomic mass is 9.88. The summed E-state index contributed by atoms with van der Waals surface area (Å²) in [5.74, 6) is -0.586. The molecule has 1 saturated heterocycles. The Morgan fingerprint density at radius 1 is 0.972 bits per heavy atom. The number of para-hydroxylation sites is 1. The molecule has 4 aromatic rings. The zero-order chi connectivity index (χ0) is 24.8. The van der Waals surface area contributed by atoms with Gasteiger partial charge in [-0.15, -0.1) is 0 Å². The van der Waals surface area contributed by atoms with Crippen molar-refractivity contribution in [1.82, 2.24) is 14.8 Å². The Hall–Kier alpha value is -4.39. The number of carbonyl (C=O) groups is 3. The molecule has 0 spiro atoms. The largest absolute Gasteiger partial charge is 0.465 e. The molecule has 2 aliphatic heterocycles. The molecule has 0 saturated carbocycles. The third kappa shape index (κ3) is 3.47. The van der Waals surface area contributed by atoms with Crippen LogP contribution in [0, 0.1) is 0 Å². The van der Waals surface area contributed by atoms with Gasteiger partial charge in [0.1, 0.15) is 12.1 Å². The third-order valence-electron chi connectivity index (χ3n) is 7.25. The van der Waals surface area contributed by atoms with Gasteiger partial charge in [0.15, 0.2) is 0 Å². The number of imide groups is 1. The summed E-state index contributed by atoms with van der Waals surface area (Å²) < 4.78 is 4.83. The lowest BCUT2D eigenvalue weighted by Crippen LogP contribution is -2.44. The summed E-state index contributed by atoms with van der Waals surface area (Å²) in [5.41, 5.74) is 5.27. The van der Waals surface area contributed by atoms with Crippen molar-refractivity contribution in [3.8, 4) is 0 Å². The number of hydrogen-bond donors (Lipinski definition) is 1. The molecule has 3 amide bonds. The minimum atomic E-state index is -0.578. The molecule has 1 fully saturated rings. The second-order valence-electron chi connectivity index (χ2n) is 9.21. The highest BCUT2D eigenvalue weighted by Gasteiger charge is 2.52. The first-order valence-electron chi connectivity index (χ1n) is 12.0. The SMILES string of the molecule is COC(=O)c1ccc([C@@H]2c3[nH]c4ccccc4c3C[C@@H]3C(=O)N(CCc4ccccc4)C(=O)N23)cc1. The quantitative estimate of drug-likeness (QED) is 0.338. The van der Waals surface area contributed by atoms with Gasteiger partial charge in [0.2, 0.25) is 0 Å². The molecule has 180 valence electrons. The van der Waals surface area contributed by atoms with Gasteiger partial charge < -0.3 is 9.72 Å². The first kappa shape index (κ1) is 22.1. The smallest absolute Gasteiger partial charge is 0.337 e. The zero-order valence-corrected chi connectivity index (χ0v) is 19.8. The maximum absolute atomic E-state index is 13.7. The molecule has 0 aliphatic carbocycles. The van der Waals surface area contributed by atoms with Crippen LogP contribution in [0.3, 0.4) is 0 Å². The van der Waals surface area contributed by atoms with E-state index in [4.69, 9.17) is 4.74 Å². The van der Waals surface area contributed by atoms with Crippen LogP contribution in [0.15, 0.2) is 78.9 Å². The van der Waals surface area contributed by atoms with Crippen LogP contribution in [-0.2, 0) is 22.4 Å². The highest BCUT2D eigenvalue weighted by molar-refractivity contribution is 6.05. The molecular weight excluding hydrogens is 454 g/mol. The summed E-state index contributed by atoms with van der Waals surface area (Å²) >= 11 is 0. The molecule has 3 aromatic carbocycles. The van der Waals surface area contributed by atoms with Crippen LogP contribution in [0.5, 0.6) is 0 Å². The standard InChI is InChI=1S/C29H25N3O4/c1-36-28(34)20-13-11-19(12-14-20)26-25-22(21-9-5-6-10-23(21)30-25)17-24-27(33)31(29(35)32(24)26)16-15-18-7-3-2-4-8-18/h2-14,24,26,30H,15-17H2,1H3/t24-,26-/m1/s1. The predicted octanol–water partition coefficient (Wildman–Crippen LogP) is 4.48. The van der Waals surface area contributed by atoms with Crippen molar-refractivity contribution >= 4 is 28.8 Å². The number of nitrogens with zero attached hydrogens (tertiary/aromatic N) is 2. The van der Waals surface area contributed by atoms with Crippen LogP contribution in [-0.4, -0.2) is 52.4 Å². The van der Waals surface area contributed by atoms with Crippen LogP contribution < -0.4 is 0 Å². The number of benzene rings is 3. The molecule has 2 atom stereocenters. The lowest BCUT2D eigenvalue weighted by molar-refractivity contribution is -0.128. The number of aromatic amines is 1. The Morgan fingerprint density at radius 2 is 1.69 bits per heavy atom. The van der Waals surface area contributed by atoms with E-state index < -0.39 is 18.1 Å². The molecule has 36 heavy (non-hydrogen) atoms. The first-order chi connectivity index (χ1) is 17.6. The maximum Gasteiger partial charge on any atom is 0.337 e. The van der Waals surface area contributed by atoms with Gasteiger partial charge in [0, 0.05) is 29.6 Å². The Bertz CT molecular complexity index is 1480. The predicted molar refractivity (Wildman–Crippen MR) is 135 cm³/mol. The summed E-state index contributed by atoms with van der Waals surface area (Å²) in [4.78, 5) is 45.9. The summed E-state index contributed by atoms with van der Waals surface area (Å²) in [6.45, 7) is 0.331. The monoisotopic (exact) mass is 479 g/mol. The van der Waals surface area contributed by atoms with Crippen molar-refractivity contribution in [2.24, 2.45) is 0 Å². The van der Waals surface area contributed by atoms with Gasteiger partial charge in [-0.2, -0.15) is 0 Å². The first-order valence-corrected chi connectivity index (χ1v) is 12.0. The number of methoxy groups -OCH3 is 1. The van der Waals surface area contributed by atoms with Crippen molar-refractivity contribution in [3.05, 3.63) is 107 Å². The molecule has 0 bridgehead atoms. The second kappa shape index (κ2) is 8.68. The van der Waals surface area contributed by atoms with Crippen molar-refractivity contribution in [2.75, 3.05) is 13.7 Å². The van der Waals surface area contributed by atoms with Crippen LogP contribution in [0.1, 0.15) is 38.8 Å². The third-order valence-corrected chi connectivity index (χ3v) is 7.25. The Morgan fingerprint density at radius 3 is 2.44 bits per heavy atom. The highest BCUT2D eigenvalue weighted by atomic mass is 16.5. The zero-order valence-electron chi connectivity index (χ0n) is 19.8. The van der Waals surface area contributed by atoms with Crippen LogP contribution >= 0.6 is 0 Å². The van der Waals surface area contributed by atoms with Crippen molar-refractivity contribution < 1.29 is 19.1 Å². The van der Waals surface area contributed by atoms with Gasteiger partial charge >= 0.3 is 12.0 Å². The number of ether oxygens (including phenoxy) is 1. The topological polar surface area (TPSA) is 82.7 Å². The van der Waals surface area contributed by atoms with E-state index >= 15 is 0 Å². The Kier molecular flexibility index (Phi) is 5.33. The van der Waals surface area contributed by atoms with Crippen LogP contribution in [0.25, 0.3) is 10.9 Å². The number of H-pyrrole nitrogens is 1. The fourth-order valence-electron chi connectivity index (χ4n) is 5.49. The van der Waals surface area contributed by atoms with Crippen LogP contribution in [0.2, 0.25) is 0 Å². The van der Waals surface area contributed by atoms with Crippen LogP contribution in [0.4, 0.5) is 4.79 Å².